The van der Waals surface area contributed by atoms with E-state index in [-0.39, 0.29) is 17.9 Å². The molecule has 0 aromatic heterocycles. The molecule has 1 saturated carbocycles. The van der Waals surface area contributed by atoms with E-state index in [4.69, 9.17) is 0 Å². The van der Waals surface area contributed by atoms with Crippen LogP contribution >= 0.6 is 15.9 Å². The molecule has 3 aliphatic rings. The Morgan fingerprint density at radius 1 is 0.923 bits per heavy atom. The highest BCUT2D eigenvalue weighted by Gasteiger charge is 2.44. The second-order valence-corrected chi connectivity index (χ2v) is 8.28. The van der Waals surface area contributed by atoms with Crippen LogP contribution in [0, 0.1) is 0 Å². The SMILES string of the molecule is O=C1c2ccccc2C(=O)N1[C@H]1CCC(N2CCc3cc(Br)ccc32)C1. The molecule has 5 heteroatoms. The fourth-order valence-electron chi connectivity index (χ4n) is 4.77. The van der Waals surface area contributed by atoms with E-state index in [9.17, 15) is 9.59 Å². The van der Waals surface area contributed by atoms with E-state index in [1.807, 2.05) is 12.1 Å². The van der Waals surface area contributed by atoms with Crippen molar-refractivity contribution in [2.45, 2.75) is 37.8 Å². The molecule has 5 rings (SSSR count). The van der Waals surface area contributed by atoms with Gasteiger partial charge in [-0.3, -0.25) is 14.5 Å². The summed E-state index contributed by atoms with van der Waals surface area (Å²) in [7, 11) is 0. The fraction of sp³-hybridized carbons (Fsp3) is 0.333. The first-order valence-electron chi connectivity index (χ1n) is 9.15. The number of hydrogen-bond acceptors (Lipinski definition) is 3. The minimum Gasteiger partial charge on any atom is -0.368 e. The van der Waals surface area contributed by atoms with Gasteiger partial charge in [-0.05, 0) is 61.6 Å². The van der Waals surface area contributed by atoms with E-state index in [0.29, 0.717) is 17.2 Å². The number of rotatable bonds is 2. The molecule has 0 saturated heterocycles. The van der Waals surface area contributed by atoms with Gasteiger partial charge in [0.15, 0.2) is 0 Å². The Hall–Kier alpha value is -2.14. The lowest BCUT2D eigenvalue weighted by Gasteiger charge is -2.28. The third-order valence-electron chi connectivity index (χ3n) is 5.98. The summed E-state index contributed by atoms with van der Waals surface area (Å²) >= 11 is 3.55. The zero-order valence-electron chi connectivity index (χ0n) is 14.3. The summed E-state index contributed by atoms with van der Waals surface area (Å²) in [5, 5.41) is 0. The van der Waals surface area contributed by atoms with Crippen LogP contribution in [0.15, 0.2) is 46.9 Å². The zero-order chi connectivity index (χ0) is 17.8. The normalized spacial score (nSPS) is 24.3. The Morgan fingerprint density at radius 2 is 1.62 bits per heavy atom. The highest BCUT2D eigenvalue weighted by molar-refractivity contribution is 9.10. The van der Waals surface area contributed by atoms with Gasteiger partial charge in [-0.15, -0.1) is 0 Å². The number of halogens is 1. The van der Waals surface area contributed by atoms with Gasteiger partial charge in [-0.2, -0.15) is 0 Å². The zero-order valence-corrected chi connectivity index (χ0v) is 15.9. The largest absolute Gasteiger partial charge is 0.368 e. The van der Waals surface area contributed by atoms with Gasteiger partial charge in [0, 0.05) is 28.8 Å². The fourth-order valence-corrected chi connectivity index (χ4v) is 5.18. The highest BCUT2D eigenvalue weighted by Crippen LogP contribution is 2.39. The number of carbonyl (C=O) groups is 2. The van der Waals surface area contributed by atoms with Crippen molar-refractivity contribution in [3.8, 4) is 0 Å². The number of anilines is 1. The smallest absolute Gasteiger partial charge is 0.261 e. The molecule has 1 fully saturated rings. The van der Waals surface area contributed by atoms with Crippen molar-refractivity contribution >= 4 is 33.4 Å². The van der Waals surface area contributed by atoms with E-state index in [1.54, 1.807) is 12.1 Å². The van der Waals surface area contributed by atoms with E-state index in [1.165, 1.54) is 16.2 Å². The Morgan fingerprint density at radius 3 is 2.35 bits per heavy atom. The Balaban J connectivity index is 1.37. The van der Waals surface area contributed by atoms with Crippen molar-refractivity contribution in [3.63, 3.8) is 0 Å². The molecule has 4 nitrogen and oxygen atoms in total. The van der Waals surface area contributed by atoms with Gasteiger partial charge in [0.25, 0.3) is 11.8 Å². The maximum absolute atomic E-state index is 12.7. The van der Waals surface area contributed by atoms with Crippen molar-refractivity contribution in [2.24, 2.45) is 0 Å². The number of fused-ring (bicyclic) bond motifs is 2. The molecule has 0 radical (unpaired) electrons. The summed E-state index contributed by atoms with van der Waals surface area (Å²) in [6, 6.07) is 14.0. The van der Waals surface area contributed by atoms with Crippen molar-refractivity contribution in [2.75, 3.05) is 11.4 Å². The predicted molar refractivity (Wildman–Crippen MR) is 104 cm³/mol. The lowest BCUT2D eigenvalue weighted by Crippen LogP contribution is -2.40. The molecule has 1 unspecified atom stereocenters. The number of benzene rings is 2. The molecule has 2 aliphatic heterocycles. The lowest BCUT2D eigenvalue weighted by atomic mass is 10.1. The first kappa shape index (κ1) is 16.1. The first-order chi connectivity index (χ1) is 12.6. The third kappa shape index (κ3) is 2.33. The molecule has 2 atom stereocenters. The molecule has 26 heavy (non-hydrogen) atoms. The van der Waals surface area contributed by atoms with Gasteiger partial charge in [0.2, 0.25) is 0 Å². The molecule has 2 aromatic carbocycles. The summed E-state index contributed by atoms with van der Waals surface area (Å²) in [6.07, 6.45) is 3.83. The number of amides is 2. The third-order valence-corrected chi connectivity index (χ3v) is 6.47. The van der Waals surface area contributed by atoms with Crippen LogP contribution in [-0.2, 0) is 6.42 Å². The highest BCUT2D eigenvalue weighted by atomic mass is 79.9. The number of carbonyl (C=O) groups excluding carboxylic acids is 2. The molecule has 0 bridgehead atoms. The van der Waals surface area contributed by atoms with Crippen molar-refractivity contribution in [3.05, 3.63) is 63.6 Å². The summed E-state index contributed by atoms with van der Waals surface area (Å²) < 4.78 is 1.12. The number of imide groups is 1. The number of hydrogen-bond donors (Lipinski definition) is 0. The molecule has 1 aliphatic carbocycles. The lowest BCUT2D eigenvalue weighted by molar-refractivity contribution is 0.0587. The van der Waals surface area contributed by atoms with Crippen LogP contribution in [0.2, 0.25) is 0 Å². The maximum atomic E-state index is 12.7. The van der Waals surface area contributed by atoms with Crippen molar-refractivity contribution in [1.29, 1.82) is 0 Å². The molecule has 0 N–H and O–H groups in total. The average molecular weight is 411 g/mol. The molecule has 2 aromatic rings. The molecular weight excluding hydrogens is 392 g/mol. The van der Waals surface area contributed by atoms with Gasteiger partial charge in [-0.25, -0.2) is 0 Å². The number of nitrogens with zero attached hydrogens (tertiary/aromatic N) is 2. The molecule has 0 spiro atoms. The first-order valence-corrected chi connectivity index (χ1v) is 9.95. The monoisotopic (exact) mass is 410 g/mol. The maximum Gasteiger partial charge on any atom is 0.261 e. The van der Waals surface area contributed by atoms with Crippen LogP contribution in [0.1, 0.15) is 45.5 Å². The standard InChI is InChI=1S/C21H19BrN2O2/c22-14-5-8-19-13(11-14)9-10-23(19)15-6-7-16(12-15)24-20(25)17-3-1-2-4-18(17)21(24)26/h1-5,8,11,15-16H,6-7,9-10,12H2/t15?,16-/m0/s1. The van der Waals surface area contributed by atoms with Gasteiger partial charge >= 0.3 is 0 Å². The molecule has 2 amide bonds. The van der Waals surface area contributed by atoms with Gasteiger partial charge in [0.05, 0.1) is 11.1 Å². The molecule has 132 valence electrons. The van der Waals surface area contributed by atoms with Crippen LogP contribution in [0.25, 0.3) is 0 Å². The van der Waals surface area contributed by atoms with E-state index < -0.39 is 0 Å². The Kier molecular flexibility index (Phi) is 3.67. The quantitative estimate of drug-likeness (QED) is 0.701. The van der Waals surface area contributed by atoms with Crippen molar-refractivity contribution in [1.82, 2.24) is 4.90 Å². The summed E-state index contributed by atoms with van der Waals surface area (Å²) in [4.78, 5) is 29.5. The van der Waals surface area contributed by atoms with Gasteiger partial charge in [0.1, 0.15) is 0 Å². The van der Waals surface area contributed by atoms with E-state index in [2.05, 4.69) is 39.0 Å². The minimum absolute atomic E-state index is 0.00639. The predicted octanol–water partition coefficient (Wildman–Crippen LogP) is 4.03. The van der Waals surface area contributed by atoms with Gasteiger partial charge in [-0.1, -0.05) is 28.1 Å². The van der Waals surface area contributed by atoms with Crippen LogP contribution in [0.4, 0.5) is 5.69 Å². The summed E-state index contributed by atoms with van der Waals surface area (Å²) in [5.41, 5.74) is 3.79. The van der Waals surface area contributed by atoms with Gasteiger partial charge < -0.3 is 4.90 Å². The summed E-state index contributed by atoms with van der Waals surface area (Å²) in [5.74, 6) is -0.246. The van der Waals surface area contributed by atoms with Crippen LogP contribution in [-0.4, -0.2) is 35.3 Å². The molecule has 2 heterocycles. The van der Waals surface area contributed by atoms with Crippen LogP contribution < -0.4 is 4.90 Å². The molecular formula is C21H19BrN2O2. The topological polar surface area (TPSA) is 40.6 Å². The Labute approximate surface area is 160 Å². The van der Waals surface area contributed by atoms with Crippen molar-refractivity contribution < 1.29 is 9.59 Å². The summed E-state index contributed by atoms with van der Waals surface area (Å²) in [6.45, 7) is 1.02. The second-order valence-electron chi connectivity index (χ2n) is 7.36. The Bertz CT molecular complexity index is 891. The van der Waals surface area contributed by atoms with E-state index in [0.717, 1.165) is 36.7 Å². The van der Waals surface area contributed by atoms with E-state index >= 15 is 0 Å². The van der Waals surface area contributed by atoms with Crippen LogP contribution in [0.5, 0.6) is 0 Å². The minimum atomic E-state index is -0.123. The average Bonchev–Trinajstić information content (AvgIpc) is 3.33. The second kappa shape index (κ2) is 5.95. The van der Waals surface area contributed by atoms with Crippen LogP contribution in [0.3, 0.4) is 0 Å².